The first-order valence-corrected chi connectivity index (χ1v) is 7.36. The summed E-state index contributed by atoms with van der Waals surface area (Å²) in [6.07, 6.45) is 0. The summed E-state index contributed by atoms with van der Waals surface area (Å²) in [5.74, 6) is 0.672. The first-order valence-electron chi connectivity index (χ1n) is 6.57. The van der Waals surface area contributed by atoms with Gasteiger partial charge in [-0.25, -0.2) is 0 Å². The summed E-state index contributed by atoms with van der Waals surface area (Å²) in [7, 11) is 1.61. The van der Waals surface area contributed by atoms with E-state index in [1.165, 1.54) is 0 Å². The van der Waals surface area contributed by atoms with E-state index in [4.69, 9.17) is 4.74 Å². The highest BCUT2D eigenvalue weighted by Gasteiger charge is 2.04. The molecule has 0 aliphatic carbocycles. The van der Waals surface area contributed by atoms with Gasteiger partial charge in [0.05, 0.1) is 18.1 Å². The minimum Gasteiger partial charge on any atom is -0.495 e. The van der Waals surface area contributed by atoms with Crippen LogP contribution < -0.4 is 15.4 Å². The fraction of sp³-hybridized carbons (Fsp3) is 0.188. The fourth-order valence-corrected chi connectivity index (χ4v) is 2.22. The van der Waals surface area contributed by atoms with Crippen molar-refractivity contribution in [2.24, 2.45) is 0 Å². The molecule has 5 heteroatoms. The highest BCUT2D eigenvalue weighted by molar-refractivity contribution is 9.10. The summed E-state index contributed by atoms with van der Waals surface area (Å²) >= 11 is 3.39. The van der Waals surface area contributed by atoms with Gasteiger partial charge in [0, 0.05) is 18.3 Å². The van der Waals surface area contributed by atoms with Crippen LogP contribution in [0.3, 0.4) is 0 Å². The Labute approximate surface area is 132 Å². The molecule has 0 aliphatic heterocycles. The van der Waals surface area contributed by atoms with Gasteiger partial charge in [0.15, 0.2) is 0 Å². The average molecular weight is 349 g/mol. The molecule has 0 radical (unpaired) electrons. The molecule has 0 bridgehead atoms. The molecule has 0 saturated heterocycles. The van der Waals surface area contributed by atoms with Crippen molar-refractivity contribution < 1.29 is 9.53 Å². The smallest absolute Gasteiger partial charge is 0.239 e. The van der Waals surface area contributed by atoms with Crippen molar-refractivity contribution >= 4 is 27.5 Å². The second-order valence-electron chi connectivity index (χ2n) is 4.47. The summed E-state index contributed by atoms with van der Waals surface area (Å²) in [4.78, 5) is 11.8. The summed E-state index contributed by atoms with van der Waals surface area (Å²) in [5, 5.41) is 5.94. The van der Waals surface area contributed by atoms with Crippen LogP contribution in [-0.4, -0.2) is 19.6 Å². The fourth-order valence-electron chi connectivity index (χ4n) is 1.81. The monoisotopic (exact) mass is 348 g/mol. The number of carbonyl (C=O) groups is 1. The molecule has 21 heavy (non-hydrogen) atoms. The Morgan fingerprint density at radius 2 is 1.95 bits per heavy atom. The predicted molar refractivity (Wildman–Crippen MR) is 87.5 cm³/mol. The van der Waals surface area contributed by atoms with Crippen LogP contribution in [0.15, 0.2) is 53.0 Å². The summed E-state index contributed by atoms with van der Waals surface area (Å²) in [5.41, 5.74) is 1.92. The molecule has 0 fully saturated rings. The number of amides is 1. The van der Waals surface area contributed by atoms with Crippen LogP contribution in [0.4, 0.5) is 5.69 Å². The van der Waals surface area contributed by atoms with Crippen LogP contribution >= 0.6 is 15.9 Å². The first-order chi connectivity index (χ1) is 10.2. The van der Waals surface area contributed by atoms with Crippen molar-refractivity contribution in [1.29, 1.82) is 0 Å². The molecule has 0 heterocycles. The Morgan fingerprint density at radius 1 is 1.19 bits per heavy atom. The molecule has 0 aliphatic rings. The van der Waals surface area contributed by atoms with E-state index in [1.807, 2.05) is 48.5 Å². The van der Waals surface area contributed by atoms with E-state index >= 15 is 0 Å². The predicted octanol–water partition coefficient (Wildman–Crippen LogP) is 3.19. The summed E-state index contributed by atoms with van der Waals surface area (Å²) in [6.45, 7) is 0.753. The molecular formula is C16H17BrN2O2. The molecule has 2 N–H and O–H groups in total. The van der Waals surface area contributed by atoms with Gasteiger partial charge in [-0.05, 0) is 33.6 Å². The van der Waals surface area contributed by atoms with Gasteiger partial charge in [-0.2, -0.15) is 0 Å². The van der Waals surface area contributed by atoms with Gasteiger partial charge in [0.1, 0.15) is 5.75 Å². The van der Waals surface area contributed by atoms with Gasteiger partial charge in [0.2, 0.25) is 5.91 Å². The quantitative estimate of drug-likeness (QED) is 0.842. The standard InChI is InChI=1S/C16H17BrN2O2/c1-21-15-9-13(7-8-14(15)17)18-11-16(20)19-10-12-5-3-2-4-6-12/h2-9,18H,10-11H2,1H3,(H,19,20). The molecule has 4 nitrogen and oxygen atoms in total. The van der Waals surface area contributed by atoms with Crippen molar-refractivity contribution in [2.75, 3.05) is 19.0 Å². The van der Waals surface area contributed by atoms with Crippen LogP contribution in [0.1, 0.15) is 5.56 Å². The average Bonchev–Trinajstić information content (AvgIpc) is 2.53. The zero-order valence-corrected chi connectivity index (χ0v) is 13.3. The number of ether oxygens (including phenoxy) is 1. The number of nitrogens with one attached hydrogen (secondary N) is 2. The minimum atomic E-state index is -0.0549. The topological polar surface area (TPSA) is 50.4 Å². The number of benzene rings is 2. The third-order valence-electron chi connectivity index (χ3n) is 2.94. The van der Waals surface area contributed by atoms with E-state index in [2.05, 4.69) is 26.6 Å². The van der Waals surface area contributed by atoms with E-state index in [9.17, 15) is 4.79 Å². The third kappa shape index (κ3) is 4.79. The van der Waals surface area contributed by atoms with Crippen molar-refractivity contribution in [3.05, 3.63) is 58.6 Å². The third-order valence-corrected chi connectivity index (χ3v) is 3.59. The zero-order chi connectivity index (χ0) is 15.1. The highest BCUT2D eigenvalue weighted by Crippen LogP contribution is 2.27. The maximum atomic E-state index is 11.8. The zero-order valence-electron chi connectivity index (χ0n) is 11.7. The van der Waals surface area contributed by atoms with Gasteiger partial charge in [-0.3, -0.25) is 4.79 Å². The van der Waals surface area contributed by atoms with Crippen molar-refractivity contribution in [3.63, 3.8) is 0 Å². The molecule has 2 aromatic rings. The van der Waals surface area contributed by atoms with E-state index in [1.54, 1.807) is 7.11 Å². The first kappa shape index (κ1) is 15.4. The molecule has 0 spiro atoms. The molecule has 0 aromatic heterocycles. The number of anilines is 1. The molecule has 2 rings (SSSR count). The second-order valence-corrected chi connectivity index (χ2v) is 5.32. The van der Waals surface area contributed by atoms with Gasteiger partial charge in [0.25, 0.3) is 0 Å². The number of hydrogen-bond acceptors (Lipinski definition) is 3. The van der Waals surface area contributed by atoms with E-state index in [-0.39, 0.29) is 12.5 Å². The second kappa shape index (κ2) is 7.69. The van der Waals surface area contributed by atoms with Crippen molar-refractivity contribution in [3.8, 4) is 5.75 Å². The van der Waals surface area contributed by atoms with Crippen molar-refractivity contribution in [2.45, 2.75) is 6.54 Å². The number of methoxy groups -OCH3 is 1. The Hall–Kier alpha value is -2.01. The summed E-state index contributed by atoms with van der Waals surface area (Å²) in [6, 6.07) is 15.4. The largest absolute Gasteiger partial charge is 0.495 e. The maximum absolute atomic E-state index is 11.8. The Balaban J connectivity index is 1.81. The lowest BCUT2D eigenvalue weighted by Gasteiger charge is -2.10. The maximum Gasteiger partial charge on any atom is 0.239 e. The minimum absolute atomic E-state index is 0.0549. The molecule has 110 valence electrons. The van der Waals surface area contributed by atoms with Gasteiger partial charge < -0.3 is 15.4 Å². The molecule has 1 amide bonds. The number of rotatable bonds is 6. The van der Waals surface area contributed by atoms with Gasteiger partial charge in [-0.15, -0.1) is 0 Å². The molecule has 2 aromatic carbocycles. The van der Waals surface area contributed by atoms with Crippen molar-refractivity contribution in [1.82, 2.24) is 5.32 Å². The van der Waals surface area contributed by atoms with E-state index in [0.717, 1.165) is 21.5 Å². The molecule has 0 unspecified atom stereocenters. The van der Waals surface area contributed by atoms with Crippen LogP contribution in [0.2, 0.25) is 0 Å². The molecule has 0 atom stereocenters. The lowest BCUT2D eigenvalue weighted by atomic mass is 10.2. The Morgan fingerprint density at radius 3 is 2.67 bits per heavy atom. The molecule has 0 saturated carbocycles. The van der Waals surface area contributed by atoms with Crippen LogP contribution in [0, 0.1) is 0 Å². The van der Waals surface area contributed by atoms with Crippen LogP contribution in [0.25, 0.3) is 0 Å². The summed E-state index contributed by atoms with van der Waals surface area (Å²) < 4.78 is 6.09. The van der Waals surface area contributed by atoms with Crippen LogP contribution in [-0.2, 0) is 11.3 Å². The van der Waals surface area contributed by atoms with Gasteiger partial charge in [-0.1, -0.05) is 30.3 Å². The number of hydrogen-bond donors (Lipinski definition) is 2. The lowest BCUT2D eigenvalue weighted by Crippen LogP contribution is -2.29. The van der Waals surface area contributed by atoms with E-state index < -0.39 is 0 Å². The Bertz CT molecular complexity index is 602. The number of carbonyl (C=O) groups excluding carboxylic acids is 1. The highest BCUT2D eigenvalue weighted by atomic mass is 79.9. The Kier molecular flexibility index (Phi) is 5.63. The molecular weight excluding hydrogens is 332 g/mol. The number of halogens is 1. The van der Waals surface area contributed by atoms with Crippen LogP contribution in [0.5, 0.6) is 5.75 Å². The van der Waals surface area contributed by atoms with E-state index in [0.29, 0.717) is 6.54 Å². The normalized spacial score (nSPS) is 10.0. The lowest BCUT2D eigenvalue weighted by molar-refractivity contribution is -0.119. The van der Waals surface area contributed by atoms with Gasteiger partial charge >= 0.3 is 0 Å². The SMILES string of the molecule is COc1cc(NCC(=O)NCc2ccccc2)ccc1Br.